The summed E-state index contributed by atoms with van der Waals surface area (Å²) in [5.41, 5.74) is 1.20. The normalized spacial score (nSPS) is 21.8. The molecule has 0 aromatic heterocycles. The van der Waals surface area contributed by atoms with E-state index in [1.54, 1.807) is 16.4 Å². The van der Waals surface area contributed by atoms with Crippen LogP contribution in [0.25, 0.3) is 0 Å². The Morgan fingerprint density at radius 1 is 1.16 bits per heavy atom. The number of sulfonamides is 1. The molecule has 0 N–H and O–H groups in total. The second kappa shape index (κ2) is 4.91. The van der Waals surface area contributed by atoms with Crippen molar-refractivity contribution in [2.75, 3.05) is 13.1 Å². The van der Waals surface area contributed by atoms with Gasteiger partial charge in [0.15, 0.2) is 0 Å². The lowest BCUT2D eigenvalue weighted by atomic mass is 9.87. The molecule has 1 saturated heterocycles. The molecule has 1 atom stereocenters. The summed E-state index contributed by atoms with van der Waals surface area (Å²) >= 11 is 0. The molecule has 4 heteroatoms. The summed E-state index contributed by atoms with van der Waals surface area (Å²) < 4.78 is 26.5. The molecular formula is C15H23NO2S. The van der Waals surface area contributed by atoms with Gasteiger partial charge in [0.25, 0.3) is 0 Å². The van der Waals surface area contributed by atoms with Gasteiger partial charge in [-0.15, -0.1) is 0 Å². The molecule has 0 aliphatic carbocycles. The van der Waals surface area contributed by atoms with Gasteiger partial charge in [-0.2, -0.15) is 4.31 Å². The first-order chi connectivity index (χ1) is 8.71. The Morgan fingerprint density at radius 3 is 2.16 bits per heavy atom. The summed E-state index contributed by atoms with van der Waals surface area (Å²) in [5, 5.41) is 0. The highest BCUT2D eigenvalue weighted by atomic mass is 32.2. The lowest BCUT2D eigenvalue weighted by Gasteiger charge is -2.20. The largest absolute Gasteiger partial charge is 0.243 e. The van der Waals surface area contributed by atoms with Crippen LogP contribution in [0.2, 0.25) is 0 Å². The summed E-state index contributed by atoms with van der Waals surface area (Å²) in [4.78, 5) is 0.412. The summed E-state index contributed by atoms with van der Waals surface area (Å²) in [5.74, 6) is 0.462. The van der Waals surface area contributed by atoms with Crippen LogP contribution >= 0.6 is 0 Å². The Hall–Kier alpha value is -0.870. The third-order valence-corrected chi connectivity index (χ3v) is 5.62. The minimum Gasteiger partial charge on any atom is -0.207 e. The number of benzene rings is 1. The van der Waals surface area contributed by atoms with Crippen LogP contribution < -0.4 is 0 Å². The van der Waals surface area contributed by atoms with Gasteiger partial charge in [-0.3, -0.25) is 0 Å². The van der Waals surface area contributed by atoms with E-state index in [1.165, 1.54) is 0 Å². The van der Waals surface area contributed by atoms with Crippen molar-refractivity contribution in [2.45, 2.75) is 44.4 Å². The molecule has 1 unspecified atom stereocenters. The highest BCUT2D eigenvalue weighted by Crippen LogP contribution is 2.27. The molecule has 3 nitrogen and oxygen atoms in total. The summed E-state index contributed by atoms with van der Waals surface area (Å²) in [6.07, 6.45) is 0.958. The van der Waals surface area contributed by atoms with E-state index in [0.717, 1.165) is 12.0 Å². The van der Waals surface area contributed by atoms with Crippen molar-refractivity contribution in [3.63, 3.8) is 0 Å². The molecule has 0 bridgehead atoms. The molecule has 1 aromatic rings. The predicted molar refractivity (Wildman–Crippen MR) is 77.7 cm³/mol. The molecule has 1 aromatic carbocycles. The fourth-order valence-corrected chi connectivity index (χ4v) is 3.96. The second-order valence-corrected chi connectivity index (χ2v) is 8.47. The molecule has 1 aliphatic rings. The Balaban J connectivity index is 2.27. The quantitative estimate of drug-likeness (QED) is 0.835. The van der Waals surface area contributed by atoms with Crippen molar-refractivity contribution < 1.29 is 8.42 Å². The molecule has 0 saturated carbocycles. The maximum atomic E-state index is 12.5. The minimum atomic E-state index is -3.30. The third kappa shape index (κ3) is 3.00. The molecule has 1 heterocycles. The fraction of sp³-hybridized carbons (Fsp3) is 0.600. The van der Waals surface area contributed by atoms with Crippen LogP contribution in [0.1, 0.15) is 39.7 Å². The van der Waals surface area contributed by atoms with E-state index in [4.69, 9.17) is 0 Å². The van der Waals surface area contributed by atoms with Crippen LogP contribution in [0.4, 0.5) is 0 Å². The fourth-order valence-electron chi connectivity index (χ4n) is 2.39. The number of nitrogens with zero attached hydrogens (tertiary/aromatic N) is 1. The Morgan fingerprint density at radius 2 is 1.74 bits per heavy atom. The van der Waals surface area contributed by atoms with Crippen molar-refractivity contribution in [1.29, 1.82) is 0 Å². The zero-order chi connectivity index (χ0) is 14.3. The average Bonchev–Trinajstić information content (AvgIpc) is 2.76. The maximum absolute atomic E-state index is 12.5. The van der Waals surface area contributed by atoms with E-state index in [1.807, 2.05) is 12.1 Å². The standard InChI is InChI=1S/C15H23NO2S/c1-12-9-10-16(11-12)19(17,18)14-7-5-13(6-8-14)15(2,3)4/h5-8,12H,9-11H2,1-4H3. The minimum absolute atomic E-state index is 0.0461. The molecule has 19 heavy (non-hydrogen) atoms. The molecule has 1 aliphatic heterocycles. The van der Waals surface area contributed by atoms with Crippen molar-refractivity contribution >= 4 is 10.0 Å². The van der Waals surface area contributed by atoms with Gasteiger partial charge in [0.2, 0.25) is 10.0 Å². The van der Waals surface area contributed by atoms with Crippen LogP contribution in [-0.2, 0) is 15.4 Å². The van der Waals surface area contributed by atoms with E-state index in [2.05, 4.69) is 27.7 Å². The molecule has 106 valence electrons. The van der Waals surface area contributed by atoms with Crippen LogP contribution in [0, 0.1) is 5.92 Å². The van der Waals surface area contributed by atoms with Gasteiger partial charge in [0.05, 0.1) is 4.90 Å². The Labute approximate surface area is 116 Å². The molecule has 1 fully saturated rings. The van der Waals surface area contributed by atoms with Crippen LogP contribution in [-0.4, -0.2) is 25.8 Å². The van der Waals surface area contributed by atoms with E-state index in [9.17, 15) is 8.42 Å². The lowest BCUT2D eigenvalue weighted by Crippen LogP contribution is -2.28. The van der Waals surface area contributed by atoms with E-state index in [-0.39, 0.29) is 5.41 Å². The molecule has 0 amide bonds. The average molecular weight is 281 g/mol. The van der Waals surface area contributed by atoms with Crippen LogP contribution in [0.3, 0.4) is 0 Å². The van der Waals surface area contributed by atoms with Crippen molar-refractivity contribution in [3.8, 4) is 0 Å². The van der Waals surface area contributed by atoms with Gasteiger partial charge < -0.3 is 0 Å². The molecule has 2 rings (SSSR count). The van der Waals surface area contributed by atoms with E-state index < -0.39 is 10.0 Å². The third-order valence-electron chi connectivity index (χ3n) is 3.74. The highest BCUT2D eigenvalue weighted by Gasteiger charge is 2.30. The lowest BCUT2D eigenvalue weighted by molar-refractivity contribution is 0.464. The van der Waals surface area contributed by atoms with Crippen LogP contribution in [0.5, 0.6) is 0 Å². The van der Waals surface area contributed by atoms with Crippen molar-refractivity contribution in [1.82, 2.24) is 4.31 Å². The Bertz CT molecular complexity index is 541. The molecule has 0 radical (unpaired) electrons. The SMILES string of the molecule is CC1CCN(S(=O)(=O)c2ccc(C(C)(C)C)cc2)C1. The zero-order valence-corrected chi connectivity index (χ0v) is 13.0. The first-order valence-corrected chi connectivity index (χ1v) is 8.26. The summed E-state index contributed by atoms with van der Waals surface area (Å²) in [6.45, 7) is 9.75. The maximum Gasteiger partial charge on any atom is 0.243 e. The predicted octanol–water partition coefficient (Wildman–Crippen LogP) is 3.01. The Kier molecular flexibility index (Phi) is 3.76. The van der Waals surface area contributed by atoms with Crippen molar-refractivity contribution in [2.24, 2.45) is 5.92 Å². The van der Waals surface area contributed by atoms with Gasteiger partial charge in [-0.05, 0) is 35.4 Å². The molecular weight excluding hydrogens is 258 g/mol. The first-order valence-electron chi connectivity index (χ1n) is 6.82. The summed E-state index contributed by atoms with van der Waals surface area (Å²) in [7, 11) is -3.30. The zero-order valence-electron chi connectivity index (χ0n) is 12.2. The summed E-state index contributed by atoms with van der Waals surface area (Å²) in [6, 6.07) is 7.32. The molecule has 0 spiro atoms. The number of hydrogen-bond acceptors (Lipinski definition) is 2. The van der Waals surface area contributed by atoms with Gasteiger partial charge in [-0.1, -0.05) is 39.8 Å². The van der Waals surface area contributed by atoms with Crippen molar-refractivity contribution in [3.05, 3.63) is 29.8 Å². The van der Waals surface area contributed by atoms with Gasteiger partial charge in [-0.25, -0.2) is 8.42 Å². The number of rotatable bonds is 2. The monoisotopic (exact) mass is 281 g/mol. The number of hydrogen-bond donors (Lipinski definition) is 0. The van der Waals surface area contributed by atoms with Crippen LogP contribution in [0.15, 0.2) is 29.2 Å². The smallest absolute Gasteiger partial charge is 0.207 e. The van der Waals surface area contributed by atoms with Gasteiger partial charge >= 0.3 is 0 Å². The van der Waals surface area contributed by atoms with Gasteiger partial charge in [0, 0.05) is 13.1 Å². The van der Waals surface area contributed by atoms with Gasteiger partial charge in [0.1, 0.15) is 0 Å². The first kappa shape index (κ1) is 14.5. The highest BCUT2D eigenvalue weighted by molar-refractivity contribution is 7.89. The van der Waals surface area contributed by atoms with E-state index >= 15 is 0 Å². The topological polar surface area (TPSA) is 37.4 Å². The second-order valence-electron chi connectivity index (χ2n) is 6.53. The van der Waals surface area contributed by atoms with E-state index in [0.29, 0.717) is 23.9 Å².